The number of rotatable bonds is 4. The van der Waals surface area contributed by atoms with Crippen LogP contribution in [0.1, 0.15) is 29.8 Å². The number of carbonyl (C=O) groups is 2. The van der Waals surface area contributed by atoms with Gasteiger partial charge in [-0.1, -0.05) is 0 Å². The topological polar surface area (TPSA) is 66.8 Å². The number of hydrogen-bond acceptors (Lipinski definition) is 3. The van der Waals surface area contributed by atoms with E-state index in [-0.39, 0.29) is 18.5 Å². The van der Waals surface area contributed by atoms with E-state index in [0.717, 1.165) is 17.7 Å². The van der Waals surface area contributed by atoms with Gasteiger partial charge < -0.3 is 14.7 Å². The molecule has 0 aliphatic carbocycles. The molecule has 1 aromatic rings. The van der Waals surface area contributed by atoms with Crippen LogP contribution in [0.25, 0.3) is 0 Å². The first-order valence-electron chi connectivity index (χ1n) is 6.27. The van der Waals surface area contributed by atoms with E-state index in [1.54, 1.807) is 32.0 Å². The van der Waals surface area contributed by atoms with Crippen molar-refractivity contribution < 1.29 is 19.4 Å². The number of carbonyl (C=O) groups excluding carboxylic acids is 1. The average molecular weight is 263 g/mol. The van der Waals surface area contributed by atoms with E-state index in [0.29, 0.717) is 12.2 Å². The molecule has 102 valence electrons. The van der Waals surface area contributed by atoms with Crippen molar-refractivity contribution in [2.45, 2.75) is 26.3 Å². The lowest BCUT2D eigenvalue weighted by Gasteiger charge is -2.25. The molecular formula is C14H17NO4. The van der Waals surface area contributed by atoms with E-state index < -0.39 is 5.97 Å². The first kappa shape index (κ1) is 13.4. The summed E-state index contributed by atoms with van der Waals surface area (Å²) in [6.07, 6.45) is 0.789. The number of ether oxygens (including phenoxy) is 1. The van der Waals surface area contributed by atoms with Crippen LogP contribution in [0.5, 0.6) is 5.75 Å². The summed E-state index contributed by atoms with van der Waals surface area (Å²) in [6, 6.07) is 5.09. The fourth-order valence-electron chi connectivity index (χ4n) is 2.12. The molecule has 1 aromatic carbocycles. The van der Waals surface area contributed by atoms with Crippen LogP contribution in [0.2, 0.25) is 0 Å². The smallest absolute Gasteiger partial charge is 0.323 e. The summed E-state index contributed by atoms with van der Waals surface area (Å²) in [4.78, 5) is 24.5. The molecule has 0 aromatic heterocycles. The lowest BCUT2D eigenvalue weighted by molar-refractivity contribution is -0.138. The molecule has 19 heavy (non-hydrogen) atoms. The highest BCUT2D eigenvalue weighted by molar-refractivity contribution is 5.96. The molecule has 5 heteroatoms. The van der Waals surface area contributed by atoms with Crippen molar-refractivity contribution in [3.8, 4) is 5.75 Å². The van der Waals surface area contributed by atoms with Gasteiger partial charge in [-0.2, -0.15) is 0 Å². The number of nitrogens with zero attached hydrogens (tertiary/aromatic N) is 1. The van der Waals surface area contributed by atoms with E-state index in [4.69, 9.17) is 9.84 Å². The maximum atomic E-state index is 12.3. The first-order chi connectivity index (χ1) is 8.99. The third-order valence-electron chi connectivity index (χ3n) is 3.13. The van der Waals surface area contributed by atoms with Crippen molar-refractivity contribution in [3.63, 3.8) is 0 Å². The third-order valence-corrected chi connectivity index (χ3v) is 3.13. The predicted octanol–water partition coefficient (Wildman–Crippen LogP) is 1.56. The maximum Gasteiger partial charge on any atom is 0.323 e. The van der Waals surface area contributed by atoms with Crippen LogP contribution in [0.3, 0.4) is 0 Å². The van der Waals surface area contributed by atoms with Gasteiger partial charge in [0.25, 0.3) is 5.91 Å². The van der Waals surface area contributed by atoms with Crippen LogP contribution in [0.4, 0.5) is 0 Å². The molecular weight excluding hydrogens is 246 g/mol. The van der Waals surface area contributed by atoms with Crippen molar-refractivity contribution in [1.29, 1.82) is 0 Å². The lowest BCUT2D eigenvalue weighted by atomic mass is 10.1. The fourth-order valence-corrected chi connectivity index (χ4v) is 2.12. The summed E-state index contributed by atoms with van der Waals surface area (Å²) in [5.74, 6) is -0.454. The molecule has 0 fully saturated rings. The summed E-state index contributed by atoms with van der Waals surface area (Å²) in [5.41, 5.74) is 1.52. The van der Waals surface area contributed by atoms with Crippen LogP contribution in [0, 0.1) is 0 Å². The van der Waals surface area contributed by atoms with Gasteiger partial charge in [-0.25, -0.2) is 0 Å². The number of hydrogen-bond donors (Lipinski definition) is 1. The molecule has 5 nitrogen and oxygen atoms in total. The van der Waals surface area contributed by atoms with E-state index in [1.807, 2.05) is 0 Å². The maximum absolute atomic E-state index is 12.3. The van der Waals surface area contributed by atoms with Crippen LogP contribution in [-0.4, -0.2) is 41.1 Å². The minimum atomic E-state index is -1.01. The normalized spacial score (nSPS) is 13.0. The summed E-state index contributed by atoms with van der Waals surface area (Å²) in [7, 11) is 0. The molecule has 0 bridgehead atoms. The number of amides is 1. The molecule has 0 radical (unpaired) electrons. The quantitative estimate of drug-likeness (QED) is 0.895. The summed E-state index contributed by atoms with van der Waals surface area (Å²) in [5, 5.41) is 8.87. The second-order valence-corrected chi connectivity index (χ2v) is 4.84. The largest absolute Gasteiger partial charge is 0.493 e. The Morgan fingerprint density at radius 1 is 1.42 bits per heavy atom. The van der Waals surface area contributed by atoms with E-state index in [2.05, 4.69) is 0 Å². The van der Waals surface area contributed by atoms with Crippen LogP contribution in [0.15, 0.2) is 18.2 Å². The standard InChI is InChI=1S/C14H17NO4/c1-9(2)15(8-13(16)17)14(18)11-3-4-12-10(7-11)5-6-19-12/h3-4,7,9H,5-6,8H2,1-2H3,(H,16,17). The van der Waals surface area contributed by atoms with Gasteiger partial charge >= 0.3 is 5.97 Å². The average Bonchev–Trinajstić information content (AvgIpc) is 2.81. The highest BCUT2D eigenvalue weighted by atomic mass is 16.5. The molecule has 0 unspecified atom stereocenters. The number of carboxylic acids is 1. The van der Waals surface area contributed by atoms with E-state index >= 15 is 0 Å². The van der Waals surface area contributed by atoms with Gasteiger partial charge in [0.05, 0.1) is 6.61 Å². The minimum Gasteiger partial charge on any atom is -0.493 e. The Balaban J connectivity index is 2.24. The zero-order valence-corrected chi connectivity index (χ0v) is 11.0. The second kappa shape index (κ2) is 5.30. The lowest BCUT2D eigenvalue weighted by Crippen LogP contribution is -2.40. The third kappa shape index (κ3) is 2.86. The SMILES string of the molecule is CC(C)N(CC(=O)O)C(=O)c1ccc2c(c1)CCO2. The Labute approximate surface area is 111 Å². The van der Waals surface area contributed by atoms with Gasteiger partial charge in [-0.05, 0) is 37.6 Å². The molecule has 0 spiro atoms. The molecule has 2 rings (SSSR count). The summed E-state index contributed by atoms with van der Waals surface area (Å²) < 4.78 is 5.39. The van der Waals surface area contributed by atoms with Crippen LogP contribution in [-0.2, 0) is 11.2 Å². The molecule has 1 aliphatic rings. The van der Waals surface area contributed by atoms with Crippen molar-refractivity contribution in [1.82, 2.24) is 4.90 Å². The Morgan fingerprint density at radius 2 is 2.16 bits per heavy atom. The minimum absolute atomic E-state index is 0.159. The van der Waals surface area contributed by atoms with Crippen LogP contribution < -0.4 is 4.74 Å². The highest BCUT2D eigenvalue weighted by Gasteiger charge is 2.23. The van der Waals surface area contributed by atoms with Gasteiger partial charge in [-0.15, -0.1) is 0 Å². The zero-order valence-electron chi connectivity index (χ0n) is 11.0. The Kier molecular flexibility index (Phi) is 3.74. The van der Waals surface area contributed by atoms with Crippen molar-refractivity contribution in [2.24, 2.45) is 0 Å². The number of aliphatic carboxylic acids is 1. The summed E-state index contributed by atoms with van der Waals surface area (Å²) in [6.45, 7) is 3.95. The first-order valence-corrected chi connectivity index (χ1v) is 6.27. The van der Waals surface area contributed by atoms with Gasteiger partial charge in [0.15, 0.2) is 0 Å². The van der Waals surface area contributed by atoms with E-state index in [9.17, 15) is 9.59 Å². The van der Waals surface area contributed by atoms with Gasteiger partial charge in [0.1, 0.15) is 12.3 Å². The number of carboxylic acid groups (broad SMARTS) is 1. The highest BCUT2D eigenvalue weighted by Crippen LogP contribution is 2.26. The molecule has 0 atom stereocenters. The van der Waals surface area contributed by atoms with Gasteiger partial charge in [0.2, 0.25) is 0 Å². The van der Waals surface area contributed by atoms with Crippen molar-refractivity contribution >= 4 is 11.9 Å². The number of benzene rings is 1. The fraction of sp³-hybridized carbons (Fsp3) is 0.429. The Morgan fingerprint density at radius 3 is 2.79 bits per heavy atom. The summed E-state index contributed by atoms with van der Waals surface area (Å²) >= 11 is 0. The Hall–Kier alpha value is -2.04. The van der Waals surface area contributed by atoms with E-state index in [1.165, 1.54) is 4.90 Å². The van der Waals surface area contributed by atoms with Crippen LogP contribution >= 0.6 is 0 Å². The van der Waals surface area contributed by atoms with Crippen molar-refractivity contribution in [3.05, 3.63) is 29.3 Å². The molecule has 0 saturated heterocycles. The van der Waals surface area contributed by atoms with Crippen molar-refractivity contribution in [2.75, 3.05) is 13.2 Å². The van der Waals surface area contributed by atoms with Gasteiger partial charge in [0, 0.05) is 18.0 Å². The monoisotopic (exact) mass is 263 g/mol. The molecule has 0 saturated carbocycles. The molecule has 1 amide bonds. The van der Waals surface area contributed by atoms with Gasteiger partial charge in [-0.3, -0.25) is 9.59 Å². The molecule has 1 N–H and O–H groups in total. The molecule has 1 heterocycles. The number of fused-ring (bicyclic) bond motifs is 1. The Bertz CT molecular complexity index is 510. The zero-order chi connectivity index (χ0) is 14.0. The molecule has 1 aliphatic heterocycles. The second-order valence-electron chi connectivity index (χ2n) is 4.84. The predicted molar refractivity (Wildman–Crippen MR) is 69.4 cm³/mol.